The van der Waals surface area contributed by atoms with Crippen molar-refractivity contribution >= 4 is 33.2 Å². The van der Waals surface area contributed by atoms with Crippen molar-refractivity contribution in [3.05, 3.63) is 24.3 Å². The van der Waals surface area contributed by atoms with E-state index in [2.05, 4.69) is 11.4 Å². The third kappa shape index (κ3) is 4.48. The lowest BCUT2D eigenvalue weighted by Gasteiger charge is -2.12. The zero-order chi connectivity index (χ0) is 15.3. The topological polar surface area (TPSA) is 87.0 Å². The summed E-state index contributed by atoms with van der Waals surface area (Å²) in [6.07, 6.45) is 0.825. The molecule has 7 heteroatoms. The number of benzene rings is 1. The molecule has 1 aliphatic heterocycles. The Hall–Kier alpha value is -1.52. The minimum atomic E-state index is -3.06. The molecular formula is C14H16N2O3S2. The molecule has 1 aliphatic rings. The Kier molecular flexibility index (Phi) is 5.26. The van der Waals surface area contributed by atoms with Gasteiger partial charge in [0, 0.05) is 17.1 Å². The van der Waals surface area contributed by atoms with E-state index < -0.39 is 15.8 Å². The predicted octanol–water partition coefficient (Wildman–Crippen LogP) is 2.07. The fourth-order valence-electron chi connectivity index (χ4n) is 2.14. The lowest BCUT2D eigenvalue weighted by atomic mass is 10.1. The molecule has 1 heterocycles. The molecule has 1 aromatic rings. The van der Waals surface area contributed by atoms with Crippen LogP contribution in [0, 0.1) is 17.2 Å². The number of carbonyl (C=O) groups excluding carboxylic acids is 1. The van der Waals surface area contributed by atoms with E-state index in [-0.39, 0.29) is 17.4 Å². The number of amides is 1. The SMILES string of the molecule is N#CCCSc1ccccc1NC(=O)C1CCS(=O)(=O)C1. The van der Waals surface area contributed by atoms with Crippen molar-refractivity contribution in [3.8, 4) is 6.07 Å². The zero-order valence-corrected chi connectivity index (χ0v) is 13.0. The number of nitrogens with one attached hydrogen (secondary N) is 1. The van der Waals surface area contributed by atoms with Crippen LogP contribution in [0.2, 0.25) is 0 Å². The molecular weight excluding hydrogens is 308 g/mol. The smallest absolute Gasteiger partial charge is 0.228 e. The van der Waals surface area contributed by atoms with Crippen LogP contribution in [0.15, 0.2) is 29.2 Å². The fraction of sp³-hybridized carbons (Fsp3) is 0.429. The zero-order valence-electron chi connectivity index (χ0n) is 11.4. The van der Waals surface area contributed by atoms with E-state index in [0.717, 1.165) is 4.90 Å². The van der Waals surface area contributed by atoms with Crippen molar-refractivity contribution < 1.29 is 13.2 Å². The highest BCUT2D eigenvalue weighted by molar-refractivity contribution is 7.99. The Morgan fingerprint density at radius 2 is 2.19 bits per heavy atom. The van der Waals surface area contributed by atoms with Gasteiger partial charge in [-0.05, 0) is 18.6 Å². The average Bonchev–Trinajstić information content (AvgIpc) is 2.81. The van der Waals surface area contributed by atoms with E-state index in [9.17, 15) is 13.2 Å². The molecule has 1 saturated heterocycles. The monoisotopic (exact) mass is 324 g/mol. The van der Waals surface area contributed by atoms with Gasteiger partial charge in [-0.15, -0.1) is 11.8 Å². The largest absolute Gasteiger partial charge is 0.325 e. The molecule has 1 atom stereocenters. The van der Waals surface area contributed by atoms with Crippen molar-refractivity contribution in [2.24, 2.45) is 5.92 Å². The van der Waals surface area contributed by atoms with E-state index >= 15 is 0 Å². The van der Waals surface area contributed by atoms with Gasteiger partial charge in [0.05, 0.1) is 29.2 Å². The molecule has 0 radical (unpaired) electrons. The van der Waals surface area contributed by atoms with E-state index in [1.807, 2.05) is 18.2 Å². The van der Waals surface area contributed by atoms with E-state index in [1.54, 1.807) is 6.07 Å². The van der Waals surface area contributed by atoms with Crippen LogP contribution in [-0.4, -0.2) is 31.6 Å². The van der Waals surface area contributed by atoms with Crippen molar-refractivity contribution in [1.82, 2.24) is 0 Å². The maximum absolute atomic E-state index is 12.1. The number of nitriles is 1. The number of hydrogen-bond donors (Lipinski definition) is 1. The van der Waals surface area contributed by atoms with Gasteiger partial charge in [-0.1, -0.05) is 12.1 Å². The third-order valence-corrected chi connectivity index (χ3v) is 6.06. The molecule has 1 unspecified atom stereocenters. The third-order valence-electron chi connectivity index (χ3n) is 3.22. The number of nitrogens with zero attached hydrogens (tertiary/aromatic N) is 1. The first-order valence-corrected chi connectivity index (χ1v) is 9.42. The van der Waals surface area contributed by atoms with E-state index in [4.69, 9.17) is 5.26 Å². The normalized spacial score (nSPS) is 19.9. The Morgan fingerprint density at radius 1 is 1.43 bits per heavy atom. The van der Waals surface area contributed by atoms with E-state index in [1.165, 1.54) is 11.8 Å². The number of anilines is 1. The molecule has 1 N–H and O–H groups in total. The first-order valence-electron chi connectivity index (χ1n) is 6.62. The van der Waals surface area contributed by atoms with Crippen molar-refractivity contribution in [2.45, 2.75) is 17.7 Å². The number of carbonyl (C=O) groups is 1. The van der Waals surface area contributed by atoms with E-state index in [0.29, 0.717) is 24.3 Å². The average molecular weight is 324 g/mol. The number of hydrogen-bond acceptors (Lipinski definition) is 5. The van der Waals surface area contributed by atoms with Gasteiger partial charge in [-0.3, -0.25) is 4.79 Å². The number of sulfone groups is 1. The van der Waals surface area contributed by atoms with Crippen LogP contribution < -0.4 is 5.32 Å². The summed E-state index contributed by atoms with van der Waals surface area (Å²) >= 11 is 1.50. The summed E-state index contributed by atoms with van der Waals surface area (Å²) in [5, 5.41) is 11.4. The lowest BCUT2D eigenvalue weighted by Crippen LogP contribution is -2.24. The quantitative estimate of drug-likeness (QED) is 0.662. The molecule has 0 saturated carbocycles. The first-order chi connectivity index (χ1) is 10.0. The van der Waals surface area contributed by atoms with Crippen LogP contribution in [0.4, 0.5) is 5.69 Å². The standard InChI is InChI=1S/C14H16N2O3S2/c15-7-3-8-20-13-5-2-1-4-12(13)16-14(17)11-6-9-21(18,19)10-11/h1-2,4-5,11H,3,6,8-10H2,(H,16,17). The summed E-state index contributed by atoms with van der Waals surface area (Å²) < 4.78 is 22.8. The van der Waals surface area contributed by atoms with Gasteiger partial charge in [0.2, 0.25) is 5.91 Å². The maximum Gasteiger partial charge on any atom is 0.228 e. The second-order valence-electron chi connectivity index (χ2n) is 4.84. The van der Waals surface area contributed by atoms with Crippen LogP contribution in [0.5, 0.6) is 0 Å². The van der Waals surface area contributed by atoms with Gasteiger partial charge in [0.25, 0.3) is 0 Å². The minimum absolute atomic E-state index is 0.0669. The summed E-state index contributed by atoms with van der Waals surface area (Å²) in [6.45, 7) is 0. The highest BCUT2D eigenvalue weighted by atomic mass is 32.2. The van der Waals surface area contributed by atoms with Gasteiger partial charge in [-0.25, -0.2) is 8.42 Å². The molecule has 1 aromatic carbocycles. The Morgan fingerprint density at radius 3 is 2.86 bits per heavy atom. The summed E-state index contributed by atoms with van der Waals surface area (Å²) in [4.78, 5) is 13.0. The van der Waals surface area contributed by atoms with Gasteiger partial charge in [0.1, 0.15) is 0 Å². The molecule has 5 nitrogen and oxygen atoms in total. The number of para-hydroxylation sites is 1. The van der Waals surface area contributed by atoms with Gasteiger partial charge < -0.3 is 5.32 Å². The van der Waals surface area contributed by atoms with Gasteiger partial charge in [-0.2, -0.15) is 5.26 Å². The van der Waals surface area contributed by atoms with Gasteiger partial charge in [0.15, 0.2) is 9.84 Å². The Labute approximate surface area is 128 Å². The molecule has 21 heavy (non-hydrogen) atoms. The highest BCUT2D eigenvalue weighted by Crippen LogP contribution is 2.28. The van der Waals surface area contributed by atoms with Crippen molar-refractivity contribution in [2.75, 3.05) is 22.6 Å². The molecule has 1 fully saturated rings. The summed E-state index contributed by atoms with van der Waals surface area (Å²) in [7, 11) is -3.06. The Balaban J connectivity index is 2.02. The van der Waals surface area contributed by atoms with Crippen LogP contribution >= 0.6 is 11.8 Å². The molecule has 0 spiro atoms. The van der Waals surface area contributed by atoms with Crippen molar-refractivity contribution in [1.29, 1.82) is 5.26 Å². The lowest BCUT2D eigenvalue weighted by molar-refractivity contribution is -0.119. The molecule has 2 rings (SSSR count). The molecule has 1 amide bonds. The Bertz CT molecular complexity index is 665. The number of thioether (sulfide) groups is 1. The van der Waals surface area contributed by atoms with Crippen molar-refractivity contribution in [3.63, 3.8) is 0 Å². The van der Waals surface area contributed by atoms with Crippen LogP contribution in [0.3, 0.4) is 0 Å². The fourth-order valence-corrected chi connectivity index (χ4v) is 4.74. The minimum Gasteiger partial charge on any atom is -0.325 e. The molecule has 0 aromatic heterocycles. The second kappa shape index (κ2) is 6.96. The predicted molar refractivity (Wildman–Crippen MR) is 82.8 cm³/mol. The summed E-state index contributed by atoms with van der Waals surface area (Å²) in [6, 6.07) is 9.42. The molecule has 112 valence electrons. The second-order valence-corrected chi connectivity index (χ2v) is 8.21. The first kappa shape index (κ1) is 15.9. The highest BCUT2D eigenvalue weighted by Gasteiger charge is 2.33. The number of rotatable bonds is 5. The van der Waals surface area contributed by atoms with Crippen LogP contribution in [0.1, 0.15) is 12.8 Å². The van der Waals surface area contributed by atoms with Crippen LogP contribution in [0.25, 0.3) is 0 Å². The van der Waals surface area contributed by atoms with Gasteiger partial charge >= 0.3 is 0 Å². The molecule has 0 aliphatic carbocycles. The summed E-state index contributed by atoms with van der Waals surface area (Å²) in [5.41, 5.74) is 0.676. The molecule has 0 bridgehead atoms. The summed E-state index contributed by atoms with van der Waals surface area (Å²) in [5.74, 6) is -0.0375. The maximum atomic E-state index is 12.1. The van der Waals surface area contributed by atoms with Crippen LogP contribution in [-0.2, 0) is 14.6 Å².